The quantitative estimate of drug-likeness (QED) is 0.244. The number of rotatable bonds is 5. The van der Waals surface area contributed by atoms with Gasteiger partial charge in [-0.25, -0.2) is 4.79 Å². The smallest absolute Gasteiger partial charge is 0.331 e. The van der Waals surface area contributed by atoms with E-state index in [2.05, 4.69) is 57.6 Å². The molecule has 0 fully saturated rings. The molecule has 0 aliphatic carbocycles. The third-order valence-electron chi connectivity index (χ3n) is 4.16. The molecule has 0 radical (unpaired) electrons. The van der Waals surface area contributed by atoms with Gasteiger partial charge < -0.3 is 9.57 Å². The van der Waals surface area contributed by atoms with Gasteiger partial charge in [0.15, 0.2) is 6.29 Å². The van der Waals surface area contributed by atoms with E-state index in [1.807, 2.05) is 6.07 Å². The molecule has 0 amide bonds. The second kappa shape index (κ2) is 8.51. The van der Waals surface area contributed by atoms with Crippen LogP contribution in [0.25, 0.3) is 6.08 Å². The standard InChI is InChI=1S/C22H31NO4/c1-14(23-27-15(2)25)17(13-24)10-16-11-18(21(3,4)5)12-19(20(16)26-9)22(6,7)8/h10-13H,1-9H3/b17-10+,23-14+. The van der Waals surface area contributed by atoms with Crippen LogP contribution < -0.4 is 4.74 Å². The molecule has 148 valence electrons. The van der Waals surface area contributed by atoms with Crippen LogP contribution in [0.2, 0.25) is 0 Å². The minimum atomic E-state index is -0.540. The Morgan fingerprint density at radius 1 is 1.04 bits per heavy atom. The van der Waals surface area contributed by atoms with Gasteiger partial charge in [0.25, 0.3) is 0 Å². The highest BCUT2D eigenvalue weighted by molar-refractivity contribution is 6.17. The molecule has 0 aliphatic rings. The summed E-state index contributed by atoms with van der Waals surface area (Å²) in [6.07, 6.45) is 2.42. The van der Waals surface area contributed by atoms with E-state index in [1.165, 1.54) is 6.92 Å². The van der Waals surface area contributed by atoms with E-state index >= 15 is 0 Å². The molecular formula is C22H31NO4. The molecule has 5 nitrogen and oxygen atoms in total. The van der Waals surface area contributed by atoms with E-state index in [4.69, 9.17) is 4.74 Å². The van der Waals surface area contributed by atoms with Crippen LogP contribution in [-0.2, 0) is 25.3 Å². The zero-order chi connectivity index (χ0) is 21.0. The van der Waals surface area contributed by atoms with Crippen molar-refractivity contribution in [2.24, 2.45) is 5.16 Å². The number of carbonyl (C=O) groups excluding carboxylic acids is 2. The lowest BCUT2D eigenvalue weighted by molar-refractivity contribution is -0.141. The first-order chi connectivity index (χ1) is 12.3. The van der Waals surface area contributed by atoms with Crippen molar-refractivity contribution in [1.82, 2.24) is 0 Å². The molecule has 0 N–H and O–H groups in total. The topological polar surface area (TPSA) is 65.0 Å². The van der Waals surface area contributed by atoms with Crippen LogP contribution in [0.5, 0.6) is 5.75 Å². The van der Waals surface area contributed by atoms with Gasteiger partial charge in [-0.3, -0.25) is 4.79 Å². The summed E-state index contributed by atoms with van der Waals surface area (Å²) in [4.78, 5) is 27.3. The molecule has 0 bridgehead atoms. The number of allylic oxidation sites excluding steroid dienone is 1. The molecule has 27 heavy (non-hydrogen) atoms. The molecule has 0 unspecified atom stereocenters. The van der Waals surface area contributed by atoms with Gasteiger partial charge in [-0.15, -0.1) is 0 Å². The SMILES string of the molecule is COc1c(/C=C(C=O)/C(C)=N/OC(C)=O)cc(C(C)(C)C)cc1C(C)(C)C. The van der Waals surface area contributed by atoms with E-state index in [1.54, 1.807) is 20.1 Å². The summed E-state index contributed by atoms with van der Waals surface area (Å²) in [6, 6.07) is 4.19. The first kappa shape index (κ1) is 22.6. The number of ether oxygens (including phenoxy) is 1. The fourth-order valence-electron chi connectivity index (χ4n) is 2.55. The van der Waals surface area contributed by atoms with Crippen molar-refractivity contribution in [3.05, 3.63) is 34.4 Å². The second-order valence-electron chi connectivity index (χ2n) is 8.62. The van der Waals surface area contributed by atoms with E-state index in [0.717, 1.165) is 22.4 Å². The highest BCUT2D eigenvalue weighted by Gasteiger charge is 2.25. The van der Waals surface area contributed by atoms with E-state index in [9.17, 15) is 9.59 Å². The molecule has 1 aromatic carbocycles. The summed E-state index contributed by atoms with van der Waals surface area (Å²) < 4.78 is 5.71. The predicted molar refractivity (Wildman–Crippen MR) is 109 cm³/mol. The molecule has 5 heteroatoms. The maximum absolute atomic E-state index is 11.6. The summed E-state index contributed by atoms with van der Waals surface area (Å²) in [7, 11) is 1.62. The lowest BCUT2D eigenvalue weighted by Gasteiger charge is -2.28. The minimum Gasteiger partial charge on any atom is -0.496 e. The van der Waals surface area contributed by atoms with Crippen molar-refractivity contribution in [3.8, 4) is 5.75 Å². The van der Waals surface area contributed by atoms with Gasteiger partial charge >= 0.3 is 5.97 Å². The molecule has 0 atom stereocenters. The van der Waals surface area contributed by atoms with Crippen LogP contribution in [-0.4, -0.2) is 25.1 Å². The number of aldehydes is 1. The fraction of sp³-hybridized carbons (Fsp3) is 0.500. The Labute approximate surface area is 162 Å². The molecule has 0 aliphatic heterocycles. The Kier molecular flexibility index (Phi) is 7.12. The molecular weight excluding hydrogens is 342 g/mol. The average Bonchev–Trinajstić information content (AvgIpc) is 2.54. The Morgan fingerprint density at radius 3 is 2.04 bits per heavy atom. The average molecular weight is 373 g/mol. The molecule has 0 saturated carbocycles. The first-order valence-electron chi connectivity index (χ1n) is 8.93. The number of hydrogen-bond acceptors (Lipinski definition) is 5. The maximum atomic E-state index is 11.6. The van der Waals surface area contributed by atoms with Crippen molar-refractivity contribution >= 4 is 24.0 Å². The molecule has 0 aromatic heterocycles. The monoisotopic (exact) mass is 373 g/mol. The van der Waals surface area contributed by atoms with E-state index in [-0.39, 0.29) is 10.8 Å². The highest BCUT2D eigenvalue weighted by atomic mass is 16.7. The molecule has 1 rings (SSSR count). The van der Waals surface area contributed by atoms with Crippen molar-refractivity contribution in [1.29, 1.82) is 0 Å². The van der Waals surface area contributed by atoms with Crippen LogP contribution in [0.15, 0.2) is 22.9 Å². The van der Waals surface area contributed by atoms with Gasteiger partial charge in [-0.05, 0) is 35.5 Å². The Morgan fingerprint density at radius 2 is 1.63 bits per heavy atom. The number of benzene rings is 1. The third kappa shape index (κ3) is 6.05. The number of hydrogen-bond donors (Lipinski definition) is 0. The van der Waals surface area contributed by atoms with Gasteiger partial charge in [0.1, 0.15) is 5.75 Å². The normalized spacial score (nSPS) is 13.4. The maximum Gasteiger partial charge on any atom is 0.331 e. The molecule has 1 aromatic rings. The van der Waals surface area contributed by atoms with Gasteiger partial charge in [-0.1, -0.05) is 52.8 Å². The zero-order valence-electron chi connectivity index (χ0n) is 17.9. The summed E-state index contributed by atoms with van der Waals surface area (Å²) in [6.45, 7) is 15.7. The van der Waals surface area contributed by atoms with Crippen LogP contribution in [0.3, 0.4) is 0 Å². The number of oxime groups is 1. The Hall–Kier alpha value is -2.43. The van der Waals surface area contributed by atoms with Crippen molar-refractivity contribution in [2.45, 2.75) is 66.2 Å². The molecule has 0 saturated heterocycles. The summed E-state index contributed by atoms with van der Waals surface area (Å²) >= 11 is 0. The van der Waals surface area contributed by atoms with Crippen molar-refractivity contribution < 1.29 is 19.2 Å². The number of carbonyl (C=O) groups is 2. The van der Waals surface area contributed by atoms with Gasteiger partial charge in [-0.2, -0.15) is 0 Å². The van der Waals surface area contributed by atoms with Gasteiger partial charge in [0.05, 0.1) is 12.8 Å². The number of nitrogens with zero attached hydrogens (tertiary/aromatic N) is 1. The summed E-state index contributed by atoms with van der Waals surface area (Å²) in [5.74, 6) is 0.178. The fourth-order valence-corrected chi connectivity index (χ4v) is 2.55. The third-order valence-corrected chi connectivity index (χ3v) is 4.16. The van der Waals surface area contributed by atoms with E-state index in [0.29, 0.717) is 17.6 Å². The summed E-state index contributed by atoms with van der Waals surface area (Å²) in [5, 5.41) is 3.72. The second-order valence-corrected chi connectivity index (χ2v) is 8.62. The lowest BCUT2D eigenvalue weighted by atomic mass is 9.78. The number of methoxy groups -OCH3 is 1. The van der Waals surface area contributed by atoms with Crippen molar-refractivity contribution in [2.75, 3.05) is 7.11 Å². The van der Waals surface area contributed by atoms with Crippen LogP contribution >= 0.6 is 0 Å². The van der Waals surface area contributed by atoms with E-state index < -0.39 is 5.97 Å². The van der Waals surface area contributed by atoms with Crippen LogP contribution in [0.1, 0.15) is 72.1 Å². The molecule has 0 heterocycles. The first-order valence-corrected chi connectivity index (χ1v) is 8.93. The Balaban J connectivity index is 3.71. The zero-order valence-corrected chi connectivity index (χ0v) is 17.9. The predicted octanol–water partition coefficient (Wildman–Crippen LogP) is 4.81. The summed E-state index contributed by atoms with van der Waals surface area (Å²) in [5.41, 5.74) is 3.41. The largest absolute Gasteiger partial charge is 0.496 e. The Bertz CT molecular complexity index is 775. The highest BCUT2D eigenvalue weighted by Crippen LogP contribution is 2.39. The lowest BCUT2D eigenvalue weighted by Crippen LogP contribution is -2.18. The molecule has 0 spiro atoms. The van der Waals surface area contributed by atoms with Gasteiger partial charge in [0.2, 0.25) is 0 Å². The van der Waals surface area contributed by atoms with Crippen LogP contribution in [0, 0.1) is 0 Å². The van der Waals surface area contributed by atoms with Crippen LogP contribution in [0.4, 0.5) is 0 Å². The van der Waals surface area contributed by atoms with Crippen molar-refractivity contribution in [3.63, 3.8) is 0 Å². The minimum absolute atomic E-state index is 0.0723. The van der Waals surface area contributed by atoms with Gasteiger partial charge in [0, 0.05) is 23.6 Å².